The van der Waals surface area contributed by atoms with Crippen molar-refractivity contribution >= 4 is 12.4 Å². The SMILES string of the molecule is CC1CCC2C3CC=C4CC(OC(=O)NCCCCCC=O)CCC4(C)C3CCC12C. The fourth-order valence-electron chi connectivity index (χ4n) is 7.90. The first-order chi connectivity index (χ1) is 14.9. The average Bonchev–Trinajstić information content (AvgIpc) is 3.05. The van der Waals surface area contributed by atoms with E-state index in [2.05, 4.69) is 32.2 Å². The number of fused-ring (bicyclic) bond motifs is 5. The Morgan fingerprint density at radius 1 is 1.13 bits per heavy atom. The molecule has 1 N–H and O–H groups in total. The topological polar surface area (TPSA) is 55.4 Å². The highest BCUT2D eigenvalue weighted by atomic mass is 16.6. The van der Waals surface area contributed by atoms with Gasteiger partial charge in [0.05, 0.1) is 0 Å². The van der Waals surface area contributed by atoms with E-state index in [1.807, 2.05) is 0 Å². The molecule has 0 aromatic heterocycles. The number of alkyl carbamates (subject to hydrolysis) is 1. The Kier molecular flexibility index (Phi) is 6.84. The van der Waals surface area contributed by atoms with Crippen molar-refractivity contribution in [2.75, 3.05) is 6.54 Å². The van der Waals surface area contributed by atoms with E-state index >= 15 is 0 Å². The number of hydrogen-bond acceptors (Lipinski definition) is 3. The van der Waals surface area contributed by atoms with E-state index in [0.717, 1.165) is 68.5 Å². The van der Waals surface area contributed by atoms with Crippen LogP contribution >= 0.6 is 0 Å². The van der Waals surface area contributed by atoms with E-state index in [4.69, 9.17) is 4.74 Å². The van der Waals surface area contributed by atoms with Gasteiger partial charge in [-0.3, -0.25) is 0 Å². The molecule has 3 fully saturated rings. The van der Waals surface area contributed by atoms with Crippen LogP contribution in [-0.2, 0) is 9.53 Å². The summed E-state index contributed by atoms with van der Waals surface area (Å²) in [5.74, 6) is 3.46. The first-order valence-electron chi connectivity index (χ1n) is 13.0. The number of nitrogens with one attached hydrogen (secondary N) is 1. The summed E-state index contributed by atoms with van der Waals surface area (Å²) in [6, 6.07) is 0. The molecular formula is C27H43NO3. The maximum Gasteiger partial charge on any atom is 0.407 e. The highest BCUT2D eigenvalue weighted by Gasteiger charge is 2.57. The molecule has 1 amide bonds. The Balaban J connectivity index is 1.31. The van der Waals surface area contributed by atoms with Gasteiger partial charge in [0.2, 0.25) is 0 Å². The lowest BCUT2D eigenvalue weighted by molar-refractivity contribution is -0.107. The quantitative estimate of drug-likeness (QED) is 0.288. The Morgan fingerprint density at radius 3 is 2.77 bits per heavy atom. The zero-order valence-electron chi connectivity index (χ0n) is 20.0. The number of hydrogen-bond donors (Lipinski definition) is 1. The normalized spacial score (nSPS) is 41.4. The minimum absolute atomic E-state index is 0.0197. The van der Waals surface area contributed by atoms with Gasteiger partial charge in [0.25, 0.3) is 0 Å². The summed E-state index contributed by atoms with van der Waals surface area (Å²) in [6.45, 7) is 8.23. The number of allylic oxidation sites excluding steroid dienone is 1. The number of amides is 1. The highest BCUT2D eigenvalue weighted by molar-refractivity contribution is 5.67. The fraction of sp³-hybridized carbons (Fsp3) is 0.852. The number of carbonyl (C=O) groups excluding carboxylic acids is 2. The van der Waals surface area contributed by atoms with Crippen molar-refractivity contribution in [3.8, 4) is 0 Å². The first kappa shape index (κ1) is 22.9. The van der Waals surface area contributed by atoms with Crippen LogP contribution in [0.4, 0.5) is 4.79 Å². The van der Waals surface area contributed by atoms with E-state index in [0.29, 0.717) is 23.8 Å². The second-order valence-corrected chi connectivity index (χ2v) is 11.5. The van der Waals surface area contributed by atoms with Crippen molar-refractivity contribution in [3.05, 3.63) is 11.6 Å². The lowest BCUT2D eigenvalue weighted by Crippen LogP contribution is -2.50. The Bertz CT molecular complexity index is 703. The third-order valence-electron chi connectivity index (χ3n) is 10.1. The van der Waals surface area contributed by atoms with Gasteiger partial charge in [0.15, 0.2) is 0 Å². The van der Waals surface area contributed by atoms with Crippen LogP contribution in [0.25, 0.3) is 0 Å². The molecule has 0 heterocycles. The second-order valence-electron chi connectivity index (χ2n) is 11.5. The monoisotopic (exact) mass is 429 g/mol. The van der Waals surface area contributed by atoms with E-state index in [9.17, 15) is 9.59 Å². The van der Waals surface area contributed by atoms with Crippen molar-refractivity contribution in [2.45, 2.75) is 104 Å². The molecule has 3 saturated carbocycles. The van der Waals surface area contributed by atoms with Gasteiger partial charge in [-0.15, -0.1) is 0 Å². The lowest BCUT2D eigenvalue weighted by Gasteiger charge is -2.58. The van der Waals surface area contributed by atoms with Gasteiger partial charge < -0.3 is 14.8 Å². The van der Waals surface area contributed by atoms with E-state index < -0.39 is 0 Å². The molecule has 0 aliphatic heterocycles. The third kappa shape index (κ3) is 4.33. The van der Waals surface area contributed by atoms with E-state index in [-0.39, 0.29) is 12.2 Å². The Labute approximate surface area is 189 Å². The number of aldehydes is 1. The summed E-state index contributed by atoms with van der Waals surface area (Å²) >= 11 is 0. The number of rotatable bonds is 7. The van der Waals surface area contributed by atoms with Crippen molar-refractivity contribution in [2.24, 2.45) is 34.5 Å². The van der Waals surface area contributed by atoms with Crippen molar-refractivity contribution in [1.82, 2.24) is 5.32 Å². The van der Waals surface area contributed by atoms with E-state index in [1.165, 1.54) is 32.1 Å². The number of ether oxygens (including phenoxy) is 1. The maximum absolute atomic E-state index is 12.3. The molecule has 0 radical (unpaired) electrons. The van der Waals surface area contributed by atoms with Crippen LogP contribution in [0, 0.1) is 34.5 Å². The molecule has 0 aromatic rings. The molecule has 174 valence electrons. The van der Waals surface area contributed by atoms with Gasteiger partial charge in [-0.1, -0.05) is 38.8 Å². The predicted molar refractivity (Wildman–Crippen MR) is 124 cm³/mol. The molecule has 4 aliphatic rings. The van der Waals surface area contributed by atoms with Gasteiger partial charge in [0.1, 0.15) is 12.4 Å². The minimum atomic E-state index is -0.272. The summed E-state index contributed by atoms with van der Waals surface area (Å²) in [5.41, 5.74) is 2.45. The molecule has 4 heteroatoms. The molecule has 0 saturated heterocycles. The molecule has 31 heavy (non-hydrogen) atoms. The standard InChI is InChI=1S/C27H43NO3/c1-19-8-11-23-22-10-9-20-18-21(31-25(30)28-16-6-4-5-7-17-29)12-14-27(20,3)24(22)13-15-26(19,23)2/h9,17,19,21-24H,4-8,10-16,18H2,1-3H3,(H,28,30). The molecular weight excluding hydrogens is 386 g/mol. The summed E-state index contributed by atoms with van der Waals surface area (Å²) in [6.07, 6.45) is 16.6. The molecule has 7 atom stereocenters. The third-order valence-corrected chi connectivity index (χ3v) is 10.1. The Morgan fingerprint density at radius 2 is 1.97 bits per heavy atom. The van der Waals surface area contributed by atoms with Crippen LogP contribution < -0.4 is 5.32 Å². The number of unbranched alkanes of at least 4 members (excludes halogenated alkanes) is 3. The zero-order chi connectivity index (χ0) is 22.1. The van der Waals surface area contributed by atoms with Crippen molar-refractivity contribution in [1.29, 1.82) is 0 Å². The molecule has 4 rings (SSSR count). The lowest BCUT2D eigenvalue weighted by atomic mass is 9.47. The minimum Gasteiger partial charge on any atom is -0.446 e. The molecule has 4 aliphatic carbocycles. The zero-order valence-corrected chi connectivity index (χ0v) is 20.0. The van der Waals surface area contributed by atoms with Crippen LogP contribution in [-0.4, -0.2) is 25.0 Å². The van der Waals surface area contributed by atoms with Crippen LogP contribution in [0.2, 0.25) is 0 Å². The van der Waals surface area contributed by atoms with Gasteiger partial charge in [0, 0.05) is 19.4 Å². The van der Waals surface area contributed by atoms with E-state index in [1.54, 1.807) is 5.57 Å². The molecule has 4 nitrogen and oxygen atoms in total. The summed E-state index contributed by atoms with van der Waals surface area (Å²) in [4.78, 5) is 22.6. The van der Waals surface area contributed by atoms with Crippen LogP contribution in [0.3, 0.4) is 0 Å². The fourth-order valence-corrected chi connectivity index (χ4v) is 7.90. The summed E-state index contributed by atoms with van der Waals surface area (Å²) in [7, 11) is 0. The van der Waals surface area contributed by atoms with Gasteiger partial charge in [-0.2, -0.15) is 0 Å². The summed E-state index contributed by atoms with van der Waals surface area (Å²) in [5, 5.41) is 2.90. The predicted octanol–water partition coefficient (Wildman–Crippen LogP) is 6.44. The largest absolute Gasteiger partial charge is 0.446 e. The van der Waals surface area contributed by atoms with Gasteiger partial charge in [-0.05, 0) is 92.3 Å². The van der Waals surface area contributed by atoms with Gasteiger partial charge in [-0.25, -0.2) is 4.79 Å². The smallest absolute Gasteiger partial charge is 0.407 e. The average molecular weight is 430 g/mol. The van der Waals surface area contributed by atoms with Crippen LogP contribution in [0.5, 0.6) is 0 Å². The maximum atomic E-state index is 12.3. The number of carbonyl (C=O) groups is 2. The van der Waals surface area contributed by atoms with Gasteiger partial charge >= 0.3 is 6.09 Å². The second kappa shape index (κ2) is 9.27. The molecule has 7 unspecified atom stereocenters. The summed E-state index contributed by atoms with van der Waals surface area (Å²) < 4.78 is 5.80. The van der Waals surface area contributed by atoms with Crippen molar-refractivity contribution < 1.29 is 14.3 Å². The molecule has 0 aromatic carbocycles. The molecule has 0 bridgehead atoms. The Hall–Kier alpha value is -1.32. The van der Waals surface area contributed by atoms with Crippen LogP contribution in [0.1, 0.15) is 97.8 Å². The van der Waals surface area contributed by atoms with Crippen LogP contribution in [0.15, 0.2) is 11.6 Å². The molecule has 0 spiro atoms. The first-order valence-corrected chi connectivity index (χ1v) is 13.0. The highest BCUT2D eigenvalue weighted by Crippen LogP contribution is 2.66. The van der Waals surface area contributed by atoms with Crippen molar-refractivity contribution in [3.63, 3.8) is 0 Å².